The Balaban J connectivity index is 2.27. The summed E-state index contributed by atoms with van der Waals surface area (Å²) in [5, 5.41) is 4.40. The van der Waals surface area contributed by atoms with E-state index in [9.17, 15) is 0 Å². The molecule has 0 radical (unpaired) electrons. The van der Waals surface area contributed by atoms with Gasteiger partial charge in [0, 0.05) is 10.7 Å². The third kappa shape index (κ3) is 1.20. The molecule has 2 aliphatic rings. The maximum absolute atomic E-state index is 5.76. The predicted molar refractivity (Wildman–Crippen MR) is 49.5 cm³/mol. The molecule has 5 heteroatoms. The minimum atomic E-state index is -0.0158. The molecule has 0 aliphatic carbocycles. The van der Waals surface area contributed by atoms with Crippen molar-refractivity contribution in [1.82, 2.24) is 5.43 Å². The van der Waals surface area contributed by atoms with Gasteiger partial charge in [0.2, 0.25) is 0 Å². The number of halogens is 2. The van der Waals surface area contributed by atoms with Gasteiger partial charge in [-0.05, 0) is 22.0 Å². The van der Waals surface area contributed by atoms with E-state index in [0.29, 0.717) is 5.17 Å². The lowest BCUT2D eigenvalue weighted by atomic mass is 10.1. The van der Waals surface area contributed by atoms with Crippen LogP contribution in [0.5, 0.6) is 0 Å². The highest BCUT2D eigenvalue weighted by atomic mass is 79.9. The standard InChI is InChI=1S/C6H5BrClN3/c7-3-1-4-5(9-2-3)6(8)11-10-4/h1-2,4-5,10H. The average Bonchev–Trinajstić information content (AvgIpc) is 2.32. The van der Waals surface area contributed by atoms with Crippen molar-refractivity contribution in [3.8, 4) is 0 Å². The van der Waals surface area contributed by atoms with Crippen LogP contribution >= 0.6 is 27.5 Å². The Labute approximate surface area is 77.3 Å². The summed E-state index contributed by atoms with van der Waals surface area (Å²) < 4.78 is 0.966. The van der Waals surface area contributed by atoms with Gasteiger partial charge in [-0.15, -0.1) is 0 Å². The molecule has 58 valence electrons. The van der Waals surface area contributed by atoms with E-state index in [0.717, 1.165) is 4.48 Å². The summed E-state index contributed by atoms with van der Waals surface area (Å²) in [5.41, 5.74) is 2.87. The zero-order valence-electron chi connectivity index (χ0n) is 5.46. The van der Waals surface area contributed by atoms with Gasteiger partial charge in [0.1, 0.15) is 6.04 Å². The monoisotopic (exact) mass is 233 g/mol. The van der Waals surface area contributed by atoms with E-state index in [4.69, 9.17) is 11.6 Å². The molecule has 0 fully saturated rings. The van der Waals surface area contributed by atoms with Crippen LogP contribution in [0.25, 0.3) is 0 Å². The number of nitrogens with one attached hydrogen (secondary N) is 1. The lowest BCUT2D eigenvalue weighted by Gasteiger charge is -2.14. The van der Waals surface area contributed by atoms with Gasteiger partial charge in [-0.25, -0.2) is 0 Å². The van der Waals surface area contributed by atoms with Crippen molar-refractivity contribution in [2.75, 3.05) is 0 Å². The van der Waals surface area contributed by atoms with Crippen LogP contribution < -0.4 is 5.43 Å². The molecule has 0 aromatic carbocycles. The number of fused-ring (bicyclic) bond motifs is 1. The maximum Gasteiger partial charge on any atom is 0.153 e. The van der Waals surface area contributed by atoms with E-state index in [2.05, 4.69) is 31.4 Å². The second-order valence-corrected chi connectivity index (χ2v) is 3.67. The third-order valence-electron chi connectivity index (χ3n) is 1.60. The van der Waals surface area contributed by atoms with Crippen LogP contribution in [-0.2, 0) is 0 Å². The first-order valence-electron chi connectivity index (χ1n) is 3.16. The zero-order chi connectivity index (χ0) is 7.84. The SMILES string of the molecule is ClC1=NNC2C=C(Br)C=NC12. The molecule has 11 heavy (non-hydrogen) atoms. The Kier molecular flexibility index (Phi) is 1.73. The number of hydrogen-bond donors (Lipinski definition) is 1. The Morgan fingerprint density at radius 3 is 3.27 bits per heavy atom. The van der Waals surface area contributed by atoms with Gasteiger partial charge >= 0.3 is 0 Å². The first-order valence-corrected chi connectivity index (χ1v) is 4.33. The molecule has 2 heterocycles. The highest BCUT2D eigenvalue weighted by Gasteiger charge is 2.30. The summed E-state index contributed by atoms with van der Waals surface area (Å²) in [6.07, 6.45) is 3.74. The van der Waals surface area contributed by atoms with Crippen LogP contribution in [-0.4, -0.2) is 23.5 Å². The number of rotatable bonds is 0. The number of nitrogens with zero attached hydrogens (tertiary/aromatic N) is 2. The van der Waals surface area contributed by atoms with Crippen LogP contribution in [0, 0.1) is 0 Å². The molecule has 1 N–H and O–H groups in total. The van der Waals surface area contributed by atoms with Gasteiger partial charge in [0.15, 0.2) is 5.17 Å². The molecular weight excluding hydrogens is 229 g/mol. The highest BCUT2D eigenvalue weighted by Crippen LogP contribution is 2.19. The largest absolute Gasteiger partial charge is 0.299 e. The van der Waals surface area contributed by atoms with Gasteiger partial charge in [0.05, 0.1) is 6.04 Å². The summed E-state index contributed by atoms with van der Waals surface area (Å²) in [7, 11) is 0. The molecule has 2 unspecified atom stereocenters. The predicted octanol–water partition coefficient (Wildman–Crippen LogP) is 1.24. The number of allylic oxidation sites excluding steroid dienone is 1. The number of dihydropyridines is 1. The van der Waals surface area contributed by atoms with Crippen molar-refractivity contribution >= 4 is 38.9 Å². The van der Waals surface area contributed by atoms with Gasteiger partial charge in [0.25, 0.3) is 0 Å². The second-order valence-electron chi connectivity index (χ2n) is 2.36. The van der Waals surface area contributed by atoms with Gasteiger partial charge in [-0.3, -0.25) is 10.4 Å². The summed E-state index contributed by atoms with van der Waals surface area (Å²) in [6.45, 7) is 0. The van der Waals surface area contributed by atoms with Crippen LogP contribution in [0.1, 0.15) is 0 Å². The molecule has 0 aromatic rings. The second kappa shape index (κ2) is 2.60. The quantitative estimate of drug-likeness (QED) is 0.673. The first-order chi connectivity index (χ1) is 5.27. The van der Waals surface area contributed by atoms with Crippen molar-refractivity contribution < 1.29 is 0 Å². The van der Waals surface area contributed by atoms with E-state index >= 15 is 0 Å². The van der Waals surface area contributed by atoms with Crippen molar-refractivity contribution in [1.29, 1.82) is 0 Å². The highest BCUT2D eigenvalue weighted by molar-refractivity contribution is 9.12. The smallest absolute Gasteiger partial charge is 0.153 e. The molecule has 2 aliphatic heterocycles. The van der Waals surface area contributed by atoms with Crippen molar-refractivity contribution in [3.63, 3.8) is 0 Å². The molecular formula is C6H5BrClN3. The fraction of sp³-hybridized carbons (Fsp3) is 0.333. The van der Waals surface area contributed by atoms with E-state index < -0.39 is 0 Å². The molecule has 0 aromatic heterocycles. The Morgan fingerprint density at radius 1 is 1.64 bits per heavy atom. The molecule has 0 saturated carbocycles. The van der Waals surface area contributed by atoms with E-state index in [1.165, 1.54) is 0 Å². The molecule has 3 nitrogen and oxygen atoms in total. The van der Waals surface area contributed by atoms with Crippen LogP contribution in [0.15, 0.2) is 20.7 Å². The molecule has 0 bridgehead atoms. The third-order valence-corrected chi connectivity index (χ3v) is 2.38. The summed E-state index contributed by atoms with van der Waals surface area (Å²) in [6, 6.07) is 0.111. The number of aliphatic imine (C=N–C) groups is 1. The molecule has 0 spiro atoms. The Hall–Kier alpha value is -0.350. The zero-order valence-corrected chi connectivity index (χ0v) is 7.80. The van der Waals surface area contributed by atoms with Crippen LogP contribution in [0.2, 0.25) is 0 Å². The fourth-order valence-electron chi connectivity index (χ4n) is 1.07. The Bertz CT molecular complexity index is 271. The number of hydrazone groups is 1. The van der Waals surface area contributed by atoms with E-state index in [1.54, 1.807) is 6.21 Å². The molecule has 2 atom stereocenters. The van der Waals surface area contributed by atoms with Gasteiger partial charge < -0.3 is 0 Å². The van der Waals surface area contributed by atoms with Gasteiger partial charge in [-0.1, -0.05) is 11.6 Å². The molecule has 2 rings (SSSR count). The Morgan fingerprint density at radius 2 is 2.45 bits per heavy atom. The van der Waals surface area contributed by atoms with Crippen molar-refractivity contribution in [2.24, 2.45) is 10.1 Å². The fourth-order valence-corrected chi connectivity index (χ4v) is 1.71. The maximum atomic E-state index is 5.76. The number of hydrogen-bond acceptors (Lipinski definition) is 3. The summed E-state index contributed by atoms with van der Waals surface area (Å²) in [5.74, 6) is 0. The summed E-state index contributed by atoms with van der Waals surface area (Å²) >= 11 is 9.09. The molecule has 0 saturated heterocycles. The lowest BCUT2D eigenvalue weighted by molar-refractivity contribution is 0.635. The average molecular weight is 234 g/mol. The van der Waals surface area contributed by atoms with E-state index in [-0.39, 0.29) is 12.1 Å². The molecule has 0 amide bonds. The summed E-state index contributed by atoms with van der Waals surface area (Å²) in [4.78, 5) is 4.19. The van der Waals surface area contributed by atoms with Crippen molar-refractivity contribution in [2.45, 2.75) is 12.1 Å². The first kappa shape index (κ1) is 7.31. The van der Waals surface area contributed by atoms with E-state index in [1.807, 2.05) is 6.08 Å². The van der Waals surface area contributed by atoms with Crippen LogP contribution in [0.4, 0.5) is 0 Å². The van der Waals surface area contributed by atoms with Crippen LogP contribution in [0.3, 0.4) is 0 Å². The minimum absolute atomic E-state index is 0.0158. The topological polar surface area (TPSA) is 36.8 Å². The lowest BCUT2D eigenvalue weighted by Crippen LogP contribution is -2.32. The van der Waals surface area contributed by atoms with Gasteiger partial charge in [-0.2, -0.15) is 5.10 Å². The minimum Gasteiger partial charge on any atom is -0.299 e. The normalized spacial score (nSPS) is 34.0. The van der Waals surface area contributed by atoms with Crippen molar-refractivity contribution in [3.05, 3.63) is 10.6 Å².